The molecule has 0 aromatic heterocycles. The van der Waals surface area contributed by atoms with Gasteiger partial charge in [0.15, 0.2) is 8.32 Å². The van der Waals surface area contributed by atoms with Crippen molar-refractivity contribution >= 4 is 14.4 Å². The van der Waals surface area contributed by atoms with Crippen LogP contribution in [0, 0.1) is 0 Å². The summed E-state index contributed by atoms with van der Waals surface area (Å²) in [5.41, 5.74) is 1.06. The van der Waals surface area contributed by atoms with Gasteiger partial charge in [-0.15, -0.1) is 6.58 Å². The fourth-order valence-corrected chi connectivity index (χ4v) is 2.93. The molecule has 0 aliphatic rings. The summed E-state index contributed by atoms with van der Waals surface area (Å²) in [7, 11) is -1.93. The second-order valence-corrected chi connectivity index (χ2v) is 11.6. The molecular formula is C18H28O2Si. The molecule has 1 rings (SSSR count). The van der Waals surface area contributed by atoms with Gasteiger partial charge in [-0.1, -0.05) is 69.3 Å². The Balaban J connectivity index is 2.76. The molecule has 0 heterocycles. The number of aliphatic hydroxyl groups excluding tert-OH is 1. The van der Waals surface area contributed by atoms with Gasteiger partial charge >= 0.3 is 0 Å². The van der Waals surface area contributed by atoms with Gasteiger partial charge in [-0.2, -0.15) is 0 Å². The molecule has 1 N–H and O–H groups in total. The van der Waals surface area contributed by atoms with E-state index in [1.807, 2.05) is 36.4 Å². The van der Waals surface area contributed by atoms with Crippen LogP contribution in [0.15, 0.2) is 49.1 Å². The van der Waals surface area contributed by atoms with E-state index >= 15 is 0 Å². The summed E-state index contributed by atoms with van der Waals surface area (Å²) < 4.78 is 6.22. The second-order valence-electron chi connectivity index (χ2n) is 6.84. The highest BCUT2D eigenvalue weighted by Gasteiger charge is 2.39. The van der Waals surface area contributed by atoms with Gasteiger partial charge in [0, 0.05) is 0 Å². The molecule has 2 atom stereocenters. The molecule has 1 aromatic carbocycles. The fourth-order valence-electron chi connectivity index (χ4n) is 1.66. The molecular weight excluding hydrogens is 276 g/mol. The minimum Gasteiger partial charge on any atom is -0.408 e. The highest BCUT2D eigenvalue weighted by atomic mass is 28.4. The van der Waals surface area contributed by atoms with E-state index in [0.29, 0.717) is 0 Å². The Bertz CT molecular complexity index is 472. The summed E-state index contributed by atoms with van der Waals surface area (Å²) in [6.45, 7) is 14.7. The van der Waals surface area contributed by atoms with Crippen molar-refractivity contribution in [3.63, 3.8) is 0 Å². The summed E-state index contributed by atoms with van der Waals surface area (Å²) in [6, 6.07) is 9.93. The zero-order chi connectivity index (χ0) is 16.1. The van der Waals surface area contributed by atoms with Crippen LogP contribution in [0.2, 0.25) is 18.1 Å². The fraction of sp³-hybridized carbons (Fsp3) is 0.444. The first-order valence-corrected chi connectivity index (χ1v) is 10.3. The van der Waals surface area contributed by atoms with Crippen LogP contribution in [0.5, 0.6) is 0 Å². The van der Waals surface area contributed by atoms with Gasteiger partial charge in [-0.05, 0) is 23.7 Å². The zero-order valence-corrected chi connectivity index (χ0v) is 14.8. The van der Waals surface area contributed by atoms with Crippen LogP contribution < -0.4 is 0 Å². The van der Waals surface area contributed by atoms with E-state index in [9.17, 15) is 5.11 Å². The predicted octanol–water partition coefficient (Wildman–Crippen LogP) is 4.64. The van der Waals surface area contributed by atoms with Crippen molar-refractivity contribution in [2.45, 2.75) is 51.1 Å². The molecule has 0 saturated heterocycles. The minimum absolute atomic E-state index is 0.108. The summed E-state index contributed by atoms with van der Waals surface area (Å²) in [4.78, 5) is 0. The average molecular weight is 305 g/mol. The lowest BCUT2D eigenvalue weighted by molar-refractivity contribution is 0.0882. The Hall–Kier alpha value is -1.16. The predicted molar refractivity (Wildman–Crippen MR) is 93.7 cm³/mol. The van der Waals surface area contributed by atoms with E-state index in [1.165, 1.54) is 0 Å². The molecule has 2 nitrogen and oxygen atoms in total. The van der Waals surface area contributed by atoms with E-state index in [1.54, 1.807) is 12.2 Å². The normalized spacial score (nSPS) is 15.9. The maximum atomic E-state index is 10.3. The largest absolute Gasteiger partial charge is 0.408 e. The monoisotopic (exact) mass is 304 g/mol. The summed E-state index contributed by atoms with van der Waals surface area (Å²) in [5, 5.41) is 10.4. The molecule has 0 saturated carbocycles. The standard InChI is InChI=1S/C18H28O2Si/c1-7-17(20-21(5,6)18(2,3)4)16(19)14-13-15-11-9-8-10-12-15/h7-14,16-17,19H,1H2,2-6H3/b14-13+/t16-,17+/m1/s1. The van der Waals surface area contributed by atoms with Crippen molar-refractivity contribution in [3.8, 4) is 0 Å². The first-order chi connectivity index (χ1) is 9.67. The molecule has 3 heteroatoms. The zero-order valence-electron chi connectivity index (χ0n) is 13.8. The van der Waals surface area contributed by atoms with Crippen LogP contribution in [0.4, 0.5) is 0 Å². The number of aliphatic hydroxyl groups is 1. The van der Waals surface area contributed by atoms with Crippen LogP contribution in [0.25, 0.3) is 6.08 Å². The van der Waals surface area contributed by atoms with E-state index in [2.05, 4.69) is 40.4 Å². The van der Waals surface area contributed by atoms with Crippen molar-refractivity contribution in [3.05, 3.63) is 54.6 Å². The molecule has 0 radical (unpaired) electrons. The van der Waals surface area contributed by atoms with Crippen LogP contribution in [0.1, 0.15) is 26.3 Å². The molecule has 0 aliphatic carbocycles. The number of hydrogen-bond donors (Lipinski definition) is 1. The third kappa shape index (κ3) is 5.27. The molecule has 0 aliphatic heterocycles. The summed E-state index contributed by atoms with van der Waals surface area (Å²) >= 11 is 0. The van der Waals surface area contributed by atoms with Crippen molar-refractivity contribution in [2.24, 2.45) is 0 Å². The molecule has 0 amide bonds. The maximum absolute atomic E-state index is 10.3. The average Bonchev–Trinajstić information content (AvgIpc) is 2.42. The molecule has 0 spiro atoms. The first-order valence-electron chi connectivity index (χ1n) is 7.39. The SMILES string of the molecule is C=C[C@H](O[Si](C)(C)C(C)(C)C)[C@H](O)/C=C/c1ccccc1. The number of benzene rings is 1. The van der Waals surface area contributed by atoms with Gasteiger partial charge in [-0.3, -0.25) is 0 Å². The Morgan fingerprint density at radius 1 is 1.19 bits per heavy atom. The topological polar surface area (TPSA) is 29.5 Å². The smallest absolute Gasteiger partial charge is 0.193 e. The van der Waals surface area contributed by atoms with E-state index in [-0.39, 0.29) is 11.1 Å². The molecule has 1 aromatic rings. The van der Waals surface area contributed by atoms with Gasteiger partial charge < -0.3 is 9.53 Å². The highest BCUT2D eigenvalue weighted by molar-refractivity contribution is 6.74. The summed E-state index contributed by atoms with van der Waals surface area (Å²) in [6.07, 6.45) is 4.33. The lowest BCUT2D eigenvalue weighted by atomic mass is 10.1. The second kappa shape index (κ2) is 7.21. The molecule has 116 valence electrons. The molecule has 21 heavy (non-hydrogen) atoms. The van der Waals surface area contributed by atoms with Gasteiger partial charge in [0.2, 0.25) is 0 Å². The molecule has 0 fully saturated rings. The lowest BCUT2D eigenvalue weighted by Crippen LogP contribution is -2.46. The van der Waals surface area contributed by atoms with Gasteiger partial charge in [-0.25, -0.2) is 0 Å². The Morgan fingerprint density at radius 2 is 1.76 bits per heavy atom. The summed E-state index contributed by atoms with van der Waals surface area (Å²) in [5.74, 6) is 0. The third-order valence-corrected chi connectivity index (χ3v) is 8.57. The third-order valence-electron chi connectivity index (χ3n) is 4.09. The van der Waals surface area contributed by atoms with E-state index in [0.717, 1.165) is 5.56 Å². The van der Waals surface area contributed by atoms with Gasteiger partial charge in [0.25, 0.3) is 0 Å². The van der Waals surface area contributed by atoms with Crippen LogP contribution in [-0.2, 0) is 4.43 Å². The molecule has 0 unspecified atom stereocenters. The van der Waals surface area contributed by atoms with E-state index < -0.39 is 14.4 Å². The Labute approximate surface area is 130 Å². The van der Waals surface area contributed by atoms with Crippen LogP contribution in [-0.4, -0.2) is 25.6 Å². The highest BCUT2D eigenvalue weighted by Crippen LogP contribution is 2.37. The van der Waals surface area contributed by atoms with Crippen molar-refractivity contribution in [2.75, 3.05) is 0 Å². The van der Waals surface area contributed by atoms with E-state index in [4.69, 9.17) is 4.43 Å². The number of hydrogen-bond acceptors (Lipinski definition) is 2. The van der Waals surface area contributed by atoms with Crippen LogP contribution in [0.3, 0.4) is 0 Å². The first kappa shape index (κ1) is 17.9. The van der Waals surface area contributed by atoms with Gasteiger partial charge in [0.05, 0.1) is 6.10 Å². The maximum Gasteiger partial charge on any atom is 0.193 e. The Morgan fingerprint density at radius 3 is 2.24 bits per heavy atom. The minimum atomic E-state index is -1.93. The quantitative estimate of drug-likeness (QED) is 0.613. The van der Waals surface area contributed by atoms with Crippen molar-refractivity contribution in [1.82, 2.24) is 0 Å². The number of rotatable bonds is 6. The lowest BCUT2D eigenvalue weighted by Gasteiger charge is -2.39. The van der Waals surface area contributed by atoms with Crippen molar-refractivity contribution in [1.29, 1.82) is 0 Å². The molecule has 0 bridgehead atoms. The Kier molecular flexibility index (Phi) is 6.14. The van der Waals surface area contributed by atoms with Crippen LogP contribution >= 0.6 is 0 Å². The van der Waals surface area contributed by atoms with Crippen molar-refractivity contribution < 1.29 is 9.53 Å². The van der Waals surface area contributed by atoms with Gasteiger partial charge in [0.1, 0.15) is 6.10 Å².